The molecule has 1 aliphatic heterocycles. The largest absolute Gasteiger partial charge is 0.393 e. The third-order valence-corrected chi connectivity index (χ3v) is 3.19. The Kier molecular flexibility index (Phi) is 2.10. The first-order chi connectivity index (χ1) is 6.16. The van der Waals surface area contributed by atoms with Gasteiger partial charge in [0.15, 0.2) is 0 Å². The summed E-state index contributed by atoms with van der Waals surface area (Å²) in [5.74, 6) is 0.305. The number of fused-ring (bicyclic) bond motifs is 1. The fourth-order valence-corrected chi connectivity index (χ4v) is 2.48. The molecule has 72 valence electrons. The topological polar surface area (TPSA) is 43.4 Å². The minimum absolute atomic E-state index is 0.00824. The Bertz CT molecular complexity index is 247. The standard InChI is InChI=1S/C10H14O3/c1-6-2-3-8-7(4-6)5-9(11)13-10(8)12/h6-8H,2-5H2,1H3. The molecule has 0 radical (unpaired) electrons. The van der Waals surface area contributed by atoms with Crippen molar-refractivity contribution in [3.05, 3.63) is 0 Å². The average Bonchev–Trinajstić information content (AvgIpc) is 2.02. The van der Waals surface area contributed by atoms with E-state index in [-0.39, 0.29) is 23.8 Å². The molecule has 0 aromatic heterocycles. The predicted octanol–water partition coefficient (Wildman–Crippen LogP) is 1.51. The second-order valence-corrected chi connectivity index (χ2v) is 4.28. The number of ether oxygens (including phenoxy) is 1. The fraction of sp³-hybridized carbons (Fsp3) is 0.800. The summed E-state index contributed by atoms with van der Waals surface area (Å²) in [5.41, 5.74) is 0. The molecule has 3 unspecified atom stereocenters. The monoisotopic (exact) mass is 182 g/mol. The maximum Gasteiger partial charge on any atom is 0.316 e. The Morgan fingerprint density at radius 3 is 2.85 bits per heavy atom. The van der Waals surface area contributed by atoms with Crippen molar-refractivity contribution in [2.24, 2.45) is 17.8 Å². The third kappa shape index (κ3) is 1.60. The predicted molar refractivity (Wildman–Crippen MR) is 45.7 cm³/mol. The van der Waals surface area contributed by atoms with Gasteiger partial charge >= 0.3 is 11.9 Å². The van der Waals surface area contributed by atoms with E-state index in [2.05, 4.69) is 11.7 Å². The minimum atomic E-state index is -0.333. The Balaban J connectivity index is 2.10. The molecule has 3 atom stereocenters. The molecule has 2 fully saturated rings. The van der Waals surface area contributed by atoms with Gasteiger partial charge in [-0.3, -0.25) is 9.59 Å². The van der Waals surface area contributed by atoms with Crippen LogP contribution >= 0.6 is 0 Å². The van der Waals surface area contributed by atoms with E-state index >= 15 is 0 Å². The molecule has 0 bridgehead atoms. The van der Waals surface area contributed by atoms with Gasteiger partial charge in [0.25, 0.3) is 0 Å². The lowest BCUT2D eigenvalue weighted by Crippen LogP contribution is -2.38. The normalized spacial score (nSPS) is 39.6. The van der Waals surface area contributed by atoms with E-state index in [0.717, 1.165) is 19.3 Å². The summed E-state index contributed by atoms with van der Waals surface area (Å²) in [6.45, 7) is 2.18. The number of rotatable bonds is 0. The molecule has 1 heterocycles. The number of hydrogen-bond donors (Lipinski definition) is 0. The molecule has 0 spiro atoms. The highest BCUT2D eigenvalue weighted by Crippen LogP contribution is 2.38. The van der Waals surface area contributed by atoms with Crippen molar-refractivity contribution in [3.8, 4) is 0 Å². The molecular formula is C10H14O3. The summed E-state index contributed by atoms with van der Waals surface area (Å²) in [7, 11) is 0. The summed E-state index contributed by atoms with van der Waals surface area (Å²) in [5, 5.41) is 0. The van der Waals surface area contributed by atoms with Gasteiger partial charge in [-0.2, -0.15) is 0 Å². The van der Waals surface area contributed by atoms with Gasteiger partial charge in [-0.15, -0.1) is 0 Å². The van der Waals surface area contributed by atoms with Gasteiger partial charge in [0.2, 0.25) is 0 Å². The van der Waals surface area contributed by atoms with Crippen LogP contribution in [0.1, 0.15) is 32.6 Å². The Hall–Kier alpha value is -0.860. The van der Waals surface area contributed by atoms with E-state index in [1.165, 1.54) is 0 Å². The molecule has 3 nitrogen and oxygen atoms in total. The van der Waals surface area contributed by atoms with Crippen LogP contribution in [0.25, 0.3) is 0 Å². The van der Waals surface area contributed by atoms with Crippen molar-refractivity contribution < 1.29 is 14.3 Å². The quantitative estimate of drug-likeness (QED) is 0.421. The average molecular weight is 182 g/mol. The van der Waals surface area contributed by atoms with Gasteiger partial charge < -0.3 is 4.74 Å². The molecule has 0 N–H and O–H groups in total. The van der Waals surface area contributed by atoms with Gasteiger partial charge in [0.1, 0.15) is 0 Å². The lowest BCUT2D eigenvalue weighted by atomic mass is 9.72. The zero-order valence-electron chi connectivity index (χ0n) is 7.79. The van der Waals surface area contributed by atoms with Crippen LogP contribution in [0.15, 0.2) is 0 Å². The molecule has 0 aromatic carbocycles. The number of cyclic esters (lactones) is 2. The molecule has 2 aliphatic rings. The second kappa shape index (κ2) is 3.13. The SMILES string of the molecule is CC1CCC2C(=O)OC(=O)CC2C1. The van der Waals surface area contributed by atoms with Crippen molar-refractivity contribution in [2.45, 2.75) is 32.6 Å². The molecular weight excluding hydrogens is 168 g/mol. The zero-order valence-corrected chi connectivity index (χ0v) is 7.79. The summed E-state index contributed by atoms with van der Waals surface area (Å²) in [6.07, 6.45) is 3.44. The molecule has 1 saturated carbocycles. The molecule has 3 heteroatoms. The van der Waals surface area contributed by atoms with Crippen LogP contribution in [-0.2, 0) is 14.3 Å². The van der Waals surface area contributed by atoms with E-state index in [1.807, 2.05) is 0 Å². The number of carbonyl (C=O) groups is 2. The number of esters is 2. The fourth-order valence-electron chi connectivity index (χ4n) is 2.48. The van der Waals surface area contributed by atoms with Crippen LogP contribution in [-0.4, -0.2) is 11.9 Å². The van der Waals surface area contributed by atoms with Crippen molar-refractivity contribution in [2.75, 3.05) is 0 Å². The summed E-state index contributed by atoms with van der Waals surface area (Å²) in [6, 6.07) is 0. The van der Waals surface area contributed by atoms with Crippen LogP contribution in [0.2, 0.25) is 0 Å². The molecule has 0 amide bonds. The van der Waals surface area contributed by atoms with Crippen LogP contribution in [0.4, 0.5) is 0 Å². The van der Waals surface area contributed by atoms with Crippen molar-refractivity contribution >= 4 is 11.9 Å². The maximum atomic E-state index is 11.3. The van der Waals surface area contributed by atoms with E-state index in [1.54, 1.807) is 0 Å². The van der Waals surface area contributed by atoms with Gasteiger partial charge in [0, 0.05) is 6.42 Å². The van der Waals surface area contributed by atoms with E-state index in [4.69, 9.17) is 0 Å². The zero-order chi connectivity index (χ0) is 9.42. The van der Waals surface area contributed by atoms with Crippen molar-refractivity contribution in [3.63, 3.8) is 0 Å². The summed E-state index contributed by atoms with van der Waals surface area (Å²) < 4.78 is 4.61. The lowest BCUT2D eigenvalue weighted by Gasteiger charge is -2.35. The Labute approximate surface area is 77.4 Å². The van der Waals surface area contributed by atoms with Gasteiger partial charge in [-0.05, 0) is 31.1 Å². The van der Waals surface area contributed by atoms with E-state index in [9.17, 15) is 9.59 Å². The molecule has 1 aliphatic carbocycles. The lowest BCUT2D eigenvalue weighted by molar-refractivity contribution is -0.172. The molecule has 2 rings (SSSR count). The smallest absolute Gasteiger partial charge is 0.316 e. The van der Waals surface area contributed by atoms with Crippen LogP contribution in [0, 0.1) is 17.8 Å². The first-order valence-corrected chi connectivity index (χ1v) is 4.91. The van der Waals surface area contributed by atoms with Gasteiger partial charge in [0.05, 0.1) is 5.92 Å². The van der Waals surface area contributed by atoms with Crippen LogP contribution in [0.5, 0.6) is 0 Å². The van der Waals surface area contributed by atoms with E-state index < -0.39 is 0 Å². The van der Waals surface area contributed by atoms with Gasteiger partial charge in [-0.25, -0.2) is 0 Å². The molecule has 13 heavy (non-hydrogen) atoms. The summed E-state index contributed by atoms with van der Waals surface area (Å²) >= 11 is 0. The highest BCUT2D eigenvalue weighted by molar-refractivity contribution is 5.90. The first kappa shape index (κ1) is 8.73. The van der Waals surface area contributed by atoms with Crippen LogP contribution in [0.3, 0.4) is 0 Å². The van der Waals surface area contributed by atoms with Crippen molar-refractivity contribution in [1.29, 1.82) is 0 Å². The number of carbonyl (C=O) groups excluding carboxylic acids is 2. The van der Waals surface area contributed by atoms with Crippen LogP contribution < -0.4 is 0 Å². The molecule has 1 saturated heterocycles. The van der Waals surface area contributed by atoms with E-state index in [0.29, 0.717) is 12.3 Å². The van der Waals surface area contributed by atoms with Crippen molar-refractivity contribution in [1.82, 2.24) is 0 Å². The summed E-state index contributed by atoms with van der Waals surface area (Å²) in [4.78, 5) is 22.3. The highest BCUT2D eigenvalue weighted by atomic mass is 16.6. The van der Waals surface area contributed by atoms with Gasteiger partial charge in [-0.1, -0.05) is 6.92 Å². The Morgan fingerprint density at radius 1 is 1.31 bits per heavy atom. The molecule has 0 aromatic rings. The Morgan fingerprint density at radius 2 is 2.08 bits per heavy atom. The second-order valence-electron chi connectivity index (χ2n) is 4.28. The third-order valence-electron chi connectivity index (χ3n) is 3.19. The highest BCUT2D eigenvalue weighted by Gasteiger charge is 2.40. The maximum absolute atomic E-state index is 11.3. The minimum Gasteiger partial charge on any atom is -0.393 e. The first-order valence-electron chi connectivity index (χ1n) is 4.91. The number of hydrogen-bond acceptors (Lipinski definition) is 3.